The lowest BCUT2D eigenvalue weighted by Gasteiger charge is -2.18. The second-order valence-electron chi connectivity index (χ2n) is 5.90. The van der Waals surface area contributed by atoms with Crippen LogP contribution < -0.4 is 4.90 Å². The number of nitro benzene ring substituents is 1. The van der Waals surface area contributed by atoms with E-state index in [0.717, 1.165) is 11.1 Å². The van der Waals surface area contributed by atoms with E-state index in [1.54, 1.807) is 18.2 Å². The Bertz CT molecular complexity index is 1040. The smallest absolute Gasteiger partial charge is 0.271 e. The second-order valence-corrected chi connectivity index (χ2v) is 5.90. The molecule has 5 nitrogen and oxygen atoms in total. The predicted molar refractivity (Wildman–Crippen MR) is 101 cm³/mol. The van der Waals surface area contributed by atoms with Gasteiger partial charge in [-0.05, 0) is 23.8 Å². The fourth-order valence-corrected chi connectivity index (χ4v) is 3.09. The van der Waals surface area contributed by atoms with Crippen LogP contribution in [-0.2, 0) is 0 Å². The average Bonchev–Trinajstić information content (AvgIpc) is 2.95. The highest BCUT2D eigenvalue weighted by Gasteiger charge is 2.33. The van der Waals surface area contributed by atoms with Crippen molar-refractivity contribution in [3.05, 3.63) is 106 Å². The molecular weight excluding hydrogens is 328 g/mol. The van der Waals surface area contributed by atoms with E-state index in [-0.39, 0.29) is 11.6 Å². The molecule has 0 unspecified atom stereocenters. The van der Waals surface area contributed by atoms with E-state index >= 15 is 0 Å². The molecule has 0 bridgehead atoms. The Kier molecular flexibility index (Phi) is 3.82. The van der Waals surface area contributed by atoms with Crippen molar-refractivity contribution in [2.75, 3.05) is 4.90 Å². The van der Waals surface area contributed by atoms with Crippen molar-refractivity contribution < 1.29 is 9.72 Å². The van der Waals surface area contributed by atoms with Crippen LogP contribution in [0.3, 0.4) is 0 Å². The van der Waals surface area contributed by atoms with Crippen LogP contribution >= 0.6 is 0 Å². The highest BCUT2D eigenvalue weighted by Crippen LogP contribution is 2.38. The Labute approximate surface area is 150 Å². The Balaban J connectivity index is 1.90. The second kappa shape index (κ2) is 6.29. The predicted octanol–water partition coefficient (Wildman–Crippen LogP) is 4.75. The first-order chi connectivity index (χ1) is 12.6. The third kappa shape index (κ3) is 2.65. The molecule has 3 aromatic rings. The number of nitro groups is 1. The van der Waals surface area contributed by atoms with E-state index in [2.05, 4.69) is 0 Å². The Morgan fingerprint density at radius 2 is 1.54 bits per heavy atom. The van der Waals surface area contributed by atoms with Crippen LogP contribution in [0.4, 0.5) is 11.4 Å². The van der Waals surface area contributed by atoms with Gasteiger partial charge in [0.15, 0.2) is 0 Å². The van der Waals surface area contributed by atoms with Gasteiger partial charge in [0, 0.05) is 23.3 Å². The molecule has 1 aliphatic heterocycles. The molecule has 1 amide bonds. The first-order valence-corrected chi connectivity index (χ1v) is 8.10. The zero-order chi connectivity index (χ0) is 18.1. The molecule has 0 N–H and O–H groups in total. The number of hydrogen-bond acceptors (Lipinski definition) is 3. The monoisotopic (exact) mass is 342 g/mol. The van der Waals surface area contributed by atoms with E-state index in [1.165, 1.54) is 17.0 Å². The molecular formula is C21H14N2O3. The lowest BCUT2D eigenvalue weighted by molar-refractivity contribution is -0.384. The number of nitrogens with zero attached hydrogens (tertiary/aromatic N) is 2. The van der Waals surface area contributed by atoms with Gasteiger partial charge in [0.25, 0.3) is 11.6 Å². The van der Waals surface area contributed by atoms with Gasteiger partial charge in [0.2, 0.25) is 0 Å². The molecule has 4 rings (SSSR count). The van der Waals surface area contributed by atoms with Gasteiger partial charge in [-0.1, -0.05) is 54.6 Å². The molecule has 0 saturated heterocycles. The first-order valence-electron chi connectivity index (χ1n) is 8.10. The van der Waals surface area contributed by atoms with Gasteiger partial charge in [0.1, 0.15) is 0 Å². The molecule has 126 valence electrons. The van der Waals surface area contributed by atoms with Gasteiger partial charge < -0.3 is 0 Å². The summed E-state index contributed by atoms with van der Waals surface area (Å²) in [4.78, 5) is 25.2. The summed E-state index contributed by atoms with van der Waals surface area (Å²) in [6.07, 6.45) is 1.92. The number of non-ortho nitro benzene ring substituents is 1. The van der Waals surface area contributed by atoms with Crippen molar-refractivity contribution in [1.82, 2.24) is 0 Å². The number of carbonyl (C=O) groups is 1. The first kappa shape index (κ1) is 15.8. The van der Waals surface area contributed by atoms with E-state index in [1.807, 2.05) is 54.6 Å². The number of benzene rings is 3. The van der Waals surface area contributed by atoms with Crippen LogP contribution in [-0.4, -0.2) is 10.8 Å². The summed E-state index contributed by atoms with van der Waals surface area (Å²) in [5.41, 5.74) is 3.47. The van der Waals surface area contributed by atoms with E-state index < -0.39 is 4.92 Å². The molecule has 5 heteroatoms. The van der Waals surface area contributed by atoms with Crippen LogP contribution in [0.15, 0.2) is 78.9 Å². The minimum Gasteiger partial charge on any atom is -0.276 e. The van der Waals surface area contributed by atoms with E-state index in [4.69, 9.17) is 0 Å². The highest BCUT2D eigenvalue weighted by molar-refractivity contribution is 6.24. The summed E-state index contributed by atoms with van der Waals surface area (Å²) in [5, 5.41) is 11.1. The zero-order valence-electron chi connectivity index (χ0n) is 13.7. The normalized spacial score (nSPS) is 14.5. The number of amides is 1. The van der Waals surface area contributed by atoms with Gasteiger partial charge >= 0.3 is 0 Å². The van der Waals surface area contributed by atoms with Crippen molar-refractivity contribution in [2.45, 2.75) is 0 Å². The standard InChI is InChI=1S/C21H14N2O3/c24-21-19-12-5-4-11-18(19)20(13-15-7-2-1-3-8-15)22(21)16-9-6-10-17(14-16)23(25)26/h1-14H. The molecule has 1 aliphatic rings. The molecule has 1 heterocycles. The average molecular weight is 342 g/mol. The lowest BCUT2D eigenvalue weighted by Crippen LogP contribution is -2.22. The van der Waals surface area contributed by atoms with Crippen LogP contribution in [0.1, 0.15) is 21.5 Å². The quantitative estimate of drug-likeness (QED) is 0.509. The Morgan fingerprint density at radius 1 is 0.846 bits per heavy atom. The maximum absolute atomic E-state index is 13.0. The van der Waals surface area contributed by atoms with Gasteiger partial charge in [-0.25, -0.2) is 0 Å². The number of hydrogen-bond donors (Lipinski definition) is 0. The minimum atomic E-state index is -0.461. The highest BCUT2D eigenvalue weighted by atomic mass is 16.6. The van der Waals surface area contributed by atoms with Gasteiger partial charge in [-0.15, -0.1) is 0 Å². The lowest BCUT2D eigenvalue weighted by atomic mass is 10.1. The molecule has 0 aliphatic carbocycles. The van der Waals surface area contributed by atoms with E-state index in [9.17, 15) is 14.9 Å². The SMILES string of the molecule is O=C1c2ccccc2C(=Cc2ccccc2)N1c1cccc([N+](=O)[O-])c1. The largest absolute Gasteiger partial charge is 0.276 e. The van der Waals surface area contributed by atoms with Crippen LogP contribution in [0.2, 0.25) is 0 Å². The molecule has 0 radical (unpaired) electrons. The van der Waals surface area contributed by atoms with Crippen molar-refractivity contribution >= 4 is 29.1 Å². The summed E-state index contributed by atoms with van der Waals surface area (Å²) < 4.78 is 0. The summed E-state index contributed by atoms with van der Waals surface area (Å²) in [6.45, 7) is 0. The Hall–Kier alpha value is -3.73. The molecule has 3 aromatic carbocycles. The van der Waals surface area contributed by atoms with Crippen molar-refractivity contribution in [3.63, 3.8) is 0 Å². The number of rotatable bonds is 3. The summed E-state index contributed by atoms with van der Waals surface area (Å²) in [6, 6.07) is 23.1. The number of anilines is 1. The summed E-state index contributed by atoms with van der Waals surface area (Å²) >= 11 is 0. The number of fused-ring (bicyclic) bond motifs is 1. The minimum absolute atomic E-state index is 0.0506. The Morgan fingerprint density at radius 3 is 2.27 bits per heavy atom. The van der Waals surface area contributed by atoms with Crippen molar-refractivity contribution in [3.8, 4) is 0 Å². The molecule has 0 aromatic heterocycles. The molecule has 0 saturated carbocycles. The molecule has 26 heavy (non-hydrogen) atoms. The van der Waals surface area contributed by atoms with Crippen LogP contribution in [0.5, 0.6) is 0 Å². The van der Waals surface area contributed by atoms with Crippen molar-refractivity contribution in [1.29, 1.82) is 0 Å². The summed E-state index contributed by atoms with van der Waals surface area (Å²) in [7, 11) is 0. The fraction of sp³-hybridized carbons (Fsp3) is 0. The third-order valence-electron chi connectivity index (χ3n) is 4.28. The zero-order valence-corrected chi connectivity index (χ0v) is 13.7. The number of carbonyl (C=O) groups excluding carboxylic acids is 1. The molecule has 0 spiro atoms. The van der Waals surface area contributed by atoms with Gasteiger partial charge in [-0.3, -0.25) is 19.8 Å². The maximum Gasteiger partial charge on any atom is 0.271 e. The summed E-state index contributed by atoms with van der Waals surface area (Å²) in [5.74, 6) is -0.191. The fourth-order valence-electron chi connectivity index (χ4n) is 3.09. The van der Waals surface area contributed by atoms with Gasteiger partial charge in [-0.2, -0.15) is 0 Å². The van der Waals surface area contributed by atoms with Crippen molar-refractivity contribution in [2.24, 2.45) is 0 Å². The van der Waals surface area contributed by atoms with Crippen LogP contribution in [0.25, 0.3) is 11.8 Å². The maximum atomic E-state index is 13.0. The molecule has 0 fully saturated rings. The van der Waals surface area contributed by atoms with Gasteiger partial charge in [0.05, 0.1) is 16.3 Å². The topological polar surface area (TPSA) is 63.5 Å². The molecule has 0 atom stereocenters. The van der Waals surface area contributed by atoms with Crippen LogP contribution in [0, 0.1) is 10.1 Å². The third-order valence-corrected chi connectivity index (χ3v) is 4.28. The van der Waals surface area contributed by atoms with E-state index in [0.29, 0.717) is 16.9 Å².